The first-order chi connectivity index (χ1) is 15.5. The van der Waals surface area contributed by atoms with Crippen LogP contribution in [0.25, 0.3) is 0 Å². The van der Waals surface area contributed by atoms with Gasteiger partial charge in [-0.2, -0.15) is 0 Å². The maximum atomic E-state index is 12.3. The van der Waals surface area contributed by atoms with Gasteiger partial charge in [0.1, 0.15) is 34.5 Å². The number of benzene rings is 4. The number of phenolic OH excluding ortho intramolecular Hbond substituents is 2. The molecule has 4 aromatic rings. The molecule has 0 aliphatic rings. The molecule has 4 aromatic carbocycles. The van der Waals surface area contributed by atoms with Crippen LogP contribution in [0, 0.1) is 0 Å². The summed E-state index contributed by atoms with van der Waals surface area (Å²) in [6, 6.07) is 26.3. The Morgan fingerprint density at radius 3 is 1.53 bits per heavy atom. The summed E-state index contributed by atoms with van der Waals surface area (Å²) in [6.07, 6.45) is 0. The number of hydrogen-bond acceptors (Lipinski definition) is 5. The zero-order valence-electron chi connectivity index (χ0n) is 16.9. The summed E-state index contributed by atoms with van der Waals surface area (Å²) in [4.78, 5) is 12.3. The van der Waals surface area contributed by atoms with Crippen molar-refractivity contribution in [2.45, 2.75) is 0 Å². The molecule has 7 nitrogen and oxygen atoms in total. The molecule has 4 N–H and O–H groups in total. The minimum atomic E-state index is -0.390. The molecule has 0 bridgehead atoms. The number of nitrogens with one attached hydrogen (secondary N) is 2. The lowest BCUT2D eigenvalue weighted by Crippen LogP contribution is -2.19. The van der Waals surface area contributed by atoms with Crippen molar-refractivity contribution in [3.63, 3.8) is 0 Å². The van der Waals surface area contributed by atoms with Gasteiger partial charge >= 0.3 is 6.03 Å². The molecule has 0 spiro atoms. The van der Waals surface area contributed by atoms with Crippen molar-refractivity contribution in [1.82, 2.24) is 0 Å². The first kappa shape index (κ1) is 20.6. The van der Waals surface area contributed by atoms with Crippen molar-refractivity contribution >= 4 is 17.4 Å². The average molecular weight is 428 g/mol. The third kappa shape index (κ3) is 5.70. The quantitative estimate of drug-likeness (QED) is 0.288. The summed E-state index contributed by atoms with van der Waals surface area (Å²) in [6.45, 7) is 0. The number of carbonyl (C=O) groups is 1. The van der Waals surface area contributed by atoms with Crippen LogP contribution in [0.15, 0.2) is 97.1 Å². The molecule has 32 heavy (non-hydrogen) atoms. The number of carbonyl (C=O) groups excluding carboxylic acids is 1. The van der Waals surface area contributed by atoms with Crippen molar-refractivity contribution in [1.29, 1.82) is 0 Å². The van der Waals surface area contributed by atoms with Gasteiger partial charge in [0, 0.05) is 17.4 Å². The van der Waals surface area contributed by atoms with E-state index in [4.69, 9.17) is 9.47 Å². The van der Waals surface area contributed by atoms with Gasteiger partial charge in [0.15, 0.2) is 0 Å². The Labute approximate surface area is 184 Å². The van der Waals surface area contributed by atoms with Crippen molar-refractivity contribution in [3.05, 3.63) is 97.1 Å². The normalized spacial score (nSPS) is 10.2. The van der Waals surface area contributed by atoms with Crippen molar-refractivity contribution in [2.75, 3.05) is 10.6 Å². The van der Waals surface area contributed by atoms with Gasteiger partial charge in [-0.15, -0.1) is 0 Å². The van der Waals surface area contributed by atoms with Gasteiger partial charge in [-0.05, 0) is 84.9 Å². The number of anilines is 2. The van der Waals surface area contributed by atoms with E-state index in [9.17, 15) is 15.0 Å². The van der Waals surface area contributed by atoms with Crippen LogP contribution in [0.2, 0.25) is 0 Å². The van der Waals surface area contributed by atoms with Gasteiger partial charge in [-0.3, -0.25) is 0 Å². The second-order valence-corrected chi connectivity index (χ2v) is 6.82. The molecular formula is C25H20N2O5. The van der Waals surface area contributed by atoms with Crippen molar-refractivity contribution < 1.29 is 24.5 Å². The third-order valence-electron chi connectivity index (χ3n) is 4.35. The molecule has 4 rings (SSSR count). The van der Waals surface area contributed by atoms with E-state index in [1.165, 1.54) is 6.07 Å². The van der Waals surface area contributed by atoms with Gasteiger partial charge in [-0.25, -0.2) is 4.79 Å². The lowest BCUT2D eigenvalue weighted by Gasteiger charge is -2.10. The molecule has 0 aromatic heterocycles. The third-order valence-corrected chi connectivity index (χ3v) is 4.35. The first-order valence-corrected chi connectivity index (χ1v) is 9.75. The van der Waals surface area contributed by atoms with E-state index < -0.39 is 0 Å². The molecule has 0 radical (unpaired) electrons. The highest BCUT2D eigenvalue weighted by Gasteiger charge is 2.05. The van der Waals surface area contributed by atoms with E-state index in [-0.39, 0.29) is 17.5 Å². The SMILES string of the molecule is O=C(Nc1ccc(Oc2ccc(O)cc2)cc1)Nc1ccc(Oc2cccc(O)c2)cc1. The molecule has 0 aliphatic carbocycles. The van der Waals surface area contributed by atoms with E-state index in [0.29, 0.717) is 34.4 Å². The average Bonchev–Trinajstić information content (AvgIpc) is 2.78. The maximum absolute atomic E-state index is 12.3. The number of hydrogen-bond donors (Lipinski definition) is 4. The minimum Gasteiger partial charge on any atom is -0.508 e. The number of urea groups is 1. The van der Waals surface area contributed by atoms with Gasteiger partial charge in [0.2, 0.25) is 0 Å². The summed E-state index contributed by atoms with van der Waals surface area (Å²) >= 11 is 0. The Bertz CT molecular complexity index is 1190. The standard InChI is InChI=1S/C25H20N2O5/c28-19-8-14-23(15-9-19)31-21-10-4-17(5-11-21)26-25(30)27-18-6-12-22(13-7-18)32-24-3-1-2-20(29)16-24/h1-16,28-29H,(H2,26,27,30). The summed E-state index contributed by atoms with van der Waals surface area (Å²) < 4.78 is 11.3. The van der Waals surface area contributed by atoms with Crippen LogP contribution in [0.4, 0.5) is 16.2 Å². The molecule has 0 atom stereocenters. The summed E-state index contributed by atoms with van der Waals surface area (Å²) in [5.41, 5.74) is 1.20. The first-order valence-electron chi connectivity index (χ1n) is 9.75. The highest BCUT2D eigenvalue weighted by Crippen LogP contribution is 2.26. The predicted octanol–water partition coefficient (Wildman–Crippen LogP) is 6.33. The smallest absolute Gasteiger partial charge is 0.323 e. The molecule has 0 aliphatic heterocycles. The van der Waals surface area contributed by atoms with Crippen LogP contribution in [0.5, 0.6) is 34.5 Å². The van der Waals surface area contributed by atoms with Crippen LogP contribution < -0.4 is 20.1 Å². The zero-order chi connectivity index (χ0) is 22.3. The van der Waals surface area contributed by atoms with E-state index in [1.54, 1.807) is 91.0 Å². The minimum absolute atomic E-state index is 0.123. The number of ether oxygens (including phenoxy) is 2. The highest BCUT2D eigenvalue weighted by molar-refractivity contribution is 5.99. The Hall–Kier alpha value is -4.65. The fourth-order valence-corrected chi connectivity index (χ4v) is 2.84. The van der Waals surface area contributed by atoms with E-state index in [0.717, 1.165) is 0 Å². The van der Waals surface area contributed by atoms with E-state index in [2.05, 4.69) is 10.6 Å². The van der Waals surface area contributed by atoms with Crippen LogP contribution >= 0.6 is 0 Å². The second kappa shape index (κ2) is 9.44. The van der Waals surface area contributed by atoms with Crippen LogP contribution in [0.3, 0.4) is 0 Å². The van der Waals surface area contributed by atoms with Gasteiger partial charge in [0.05, 0.1) is 0 Å². The fraction of sp³-hybridized carbons (Fsp3) is 0. The number of aromatic hydroxyl groups is 2. The second-order valence-electron chi connectivity index (χ2n) is 6.82. The van der Waals surface area contributed by atoms with Gasteiger partial charge in [-0.1, -0.05) is 6.07 Å². The highest BCUT2D eigenvalue weighted by atomic mass is 16.5. The van der Waals surface area contributed by atoms with E-state index in [1.807, 2.05) is 0 Å². The molecule has 0 unspecified atom stereocenters. The molecule has 160 valence electrons. The largest absolute Gasteiger partial charge is 0.508 e. The number of rotatable bonds is 6. The Balaban J connectivity index is 1.29. The zero-order valence-corrected chi connectivity index (χ0v) is 16.9. The monoisotopic (exact) mass is 428 g/mol. The van der Waals surface area contributed by atoms with Crippen molar-refractivity contribution in [2.24, 2.45) is 0 Å². The summed E-state index contributed by atoms with van der Waals surface area (Å²) in [5, 5.41) is 24.3. The van der Waals surface area contributed by atoms with Crippen LogP contribution in [-0.4, -0.2) is 16.2 Å². The molecule has 0 heterocycles. The lowest BCUT2D eigenvalue weighted by molar-refractivity contribution is 0.262. The van der Waals surface area contributed by atoms with Crippen LogP contribution in [0.1, 0.15) is 0 Å². The molecule has 2 amide bonds. The maximum Gasteiger partial charge on any atom is 0.323 e. The van der Waals surface area contributed by atoms with Crippen molar-refractivity contribution in [3.8, 4) is 34.5 Å². The molecule has 0 saturated carbocycles. The molecule has 7 heteroatoms. The number of phenols is 2. The molecular weight excluding hydrogens is 408 g/mol. The topological polar surface area (TPSA) is 100 Å². The van der Waals surface area contributed by atoms with Crippen LogP contribution in [-0.2, 0) is 0 Å². The summed E-state index contributed by atoms with van der Waals surface area (Å²) in [5.74, 6) is 2.58. The number of amides is 2. The molecule has 0 saturated heterocycles. The van der Waals surface area contributed by atoms with Gasteiger partial charge in [0.25, 0.3) is 0 Å². The van der Waals surface area contributed by atoms with E-state index >= 15 is 0 Å². The summed E-state index contributed by atoms with van der Waals surface area (Å²) in [7, 11) is 0. The Morgan fingerprint density at radius 1 is 0.562 bits per heavy atom. The van der Waals surface area contributed by atoms with Gasteiger partial charge < -0.3 is 30.3 Å². The Kier molecular flexibility index (Phi) is 6.08. The fourth-order valence-electron chi connectivity index (χ4n) is 2.84. The predicted molar refractivity (Wildman–Crippen MR) is 122 cm³/mol. The Morgan fingerprint density at radius 2 is 1.03 bits per heavy atom. The molecule has 0 fully saturated rings. The lowest BCUT2D eigenvalue weighted by atomic mass is 10.3.